The predicted molar refractivity (Wildman–Crippen MR) is 79.7 cm³/mol. The van der Waals surface area contributed by atoms with Crippen LogP contribution < -0.4 is 10.6 Å². The zero-order valence-corrected chi connectivity index (χ0v) is 12.0. The number of carbonyl (C=O) groups is 1. The molecule has 0 unspecified atom stereocenters. The van der Waals surface area contributed by atoms with Gasteiger partial charge in [0.25, 0.3) is 0 Å². The van der Waals surface area contributed by atoms with Gasteiger partial charge in [0, 0.05) is 36.5 Å². The lowest BCUT2D eigenvalue weighted by molar-refractivity contribution is -0.121. The Balaban J connectivity index is 1.59. The monoisotopic (exact) mass is 274 g/mol. The largest absolute Gasteiger partial charge is 0.398 e. The number of anilines is 2. The lowest BCUT2D eigenvalue weighted by Crippen LogP contribution is -2.37. The highest BCUT2D eigenvalue weighted by atomic mass is 16.5. The summed E-state index contributed by atoms with van der Waals surface area (Å²) >= 11 is 0. The molecule has 0 aromatic heterocycles. The first-order valence-electron chi connectivity index (χ1n) is 7.48. The topological polar surface area (TPSA) is 55.6 Å². The molecule has 0 bridgehead atoms. The average molecular weight is 274 g/mol. The molecule has 1 heterocycles. The van der Waals surface area contributed by atoms with Crippen molar-refractivity contribution in [2.45, 2.75) is 38.7 Å². The van der Waals surface area contributed by atoms with E-state index in [1.165, 1.54) is 0 Å². The summed E-state index contributed by atoms with van der Waals surface area (Å²) in [4.78, 5) is 14.3. The van der Waals surface area contributed by atoms with Gasteiger partial charge in [0.15, 0.2) is 0 Å². The van der Waals surface area contributed by atoms with Gasteiger partial charge in [-0.05, 0) is 44.2 Å². The number of hydrogen-bond acceptors (Lipinski definition) is 3. The van der Waals surface area contributed by atoms with Gasteiger partial charge in [-0.1, -0.05) is 6.07 Å². The number of carbonyl (C=O) groups excluding carboxylic acids is 1. The fourth-order valence-electron chi connectivity index (χ4n) is 3.29. The molecule has 4 nitrogen and oxygen atoms in total. The second-order valence-electron chi connectivity index (χ2n) is 5.76. The van der Waals surface area contributed by atoms with E-state index >= 15 is 0 Å². The molecular weight excluding hydrogens is 252 g/mol. The molecule has 108 valence electrons. The van der Waals surface area contributed by atoms with Crippen LogP contribution >= 0.6 is 0 Å². The lowest BCUT2D eigenvalue weighted by Gasteiger charge is -2.35. The first kappa shape index (κ1) is 13.4. The molecule has 2 N–H and O–H groups in total. The zero-order chi connectivity index (χ0) is 14.1. The molecule has 0 spiro atoms. The third-order valence-electron chi connectivity index (χ3n) is 4.42. The number of benzene rings is 1. The van der Waals surface area contributed by atoms with Crippen molar-refractivity contribution in [1.82, 2.24) is 0 Å². The molecule has 1 aromatic rings. The Hall–Kier alpha value is -1.55. The Bertz CT molecular complexity index is 509. The quantitative estimate of drug-likeness (QED) is 0.858. The minimum absolute atomic E-state index is 0.231. The number of nitrogens with zero attached hydrogens (tertiary/aromatic N) is 1. The van der Waals surface area contributed by atoms with Gasteiger partial charge in [0.2, 0.25) is 5.91 Å². The molecule has 1 aromatic carbocycles. The van der Waals surface area contributed by atoms with E-state index in [1.54, 1.807) is 0 Å². The average Bonchev–Trinajstić information content (AvgIpc) is 2.81. The van der Waals surface area contributed by atoms with Crippen LogP contribution in [0.2, 0.25) is 0 Å². The maximum absolute atomic E-state index is 12.4. The molecule has 3 rings (SSSR count). The van der Waals surface area contributed by atoms with E-state index in [0.717, 1.165) is 49.4 Å². The number of ether oxygens (including phenoxy) is 1. The van der Waals surface area contributed by atoms with E-state index < -0.39 is 0 Å². The van der Waals surface area contributed by atoms with Crippen molar-refractivity contribution < 1.29 is 9.53 Å². The minimum atomic E-state index is 0.231. The number of fused-ring (bicyclic) bond motifs is 1. The van der Waals surface area contributed by atoms with E-state index in [4.69, 9.17) is 10.5 Å². The van der Waals surface area contributed by atoms with Crippen molar-refractivity contribution in [3.05, 3.63) is 23.8 Å². The van der Waals surface area contributed by atoms with E-state index in [0.29, 0.717) is 18.4 Å². The summed E-state index contributed by atoms with van der Waals surface area (Å²) < 4.78 is 5.55. The van der Waals surface area contributed by atoms with Crippen LogP contribution in [0.15, 0.2) is 18.2 Å². The maximum Gasteiger partial charge on any atom is 0.227 e. The van der Waals surface area contributed by atoms with Gasteiger partial charge >= 0.3 is 0 Å². The summed E-state index contributed by atoms with van der Waals surface area (Å²) in [5.41, 5.74) is 8.91. The minimum Gasteiger partial charge on any atom is -0.398 e. The Morgan fingerprint density at radius 1 is 1.45 bits per heavy atom. The number of amides is 1. The van der Waals surface area contributed by atoms with Crippen LogP contribution in [0.4, 0.5) is 11.4 Å². The summed E-state index contributed by atoms with van der Waals surface area (Å²) in [5.74, 6) is 0.721. The molecule has 1 aliphatic heterocycles. The summed E-state index contributed by atoms with van der Waals surface area (Å²) in [5, 5.41) is 0. The molecule has 1 saturated carbocycles. The van der Waals surface area contributed by atoms with Gasteiger partial charge in [0.05, 0.1) is 6.10 Å². The summed E-state index contributed by atoms with van der Waals surface area (Å²) in [6.07, 6.45) is 3.94. The van der Waals surface area contributed by atoms with Crippen molar-refractivity contribution in [3.8, 4) is 0 Å². The highest BCUT2D eigenvalue weighted by Gasteiger charge is 2.34. The van der Waals surface area contributed by atoms with Crippen molar-refractivity contribution in [3.63, 3.8) is 0 Å². The number of rotatable bonds is 4. The SMILES string of the molecule is CCOC1CC(CC(=O)N2CCc3c(N)cccc32)C1. The van der Waals surface area contributed by atoms with Crippen molar-refractivity contribution in [2.24, 2.45) is 5.92 Å². The van der Waals surface area contributed by atoms with Gasteiger partial charge in [0.1, 0.15) is 0 Å². The number of nitrogen functional groups attached to an aromatic ring is 1. The zero-order valence-electron chi connectivity index (χ0n) is 12.0. The van der Waals surface area contributed by atoms with Crippen LogP contribution in [0.25, 0.3) is 0 Å². The smallest absolute Gasteiger partial charge is 0.227 e. The van der Waals surface area contributed by atoms with Gasteiger partial charge in [-0.25, -0.2) is 0 Å². The number of hydrogen-bond donors (Lipinski definition) is 1. The molecule has 4 heteroatoms. The highest BCUT2D eigenvalue weighted by Crippen LogP contribution is 2.36. The molecule has 0 radical (unpaired) electrons. The molecule has 0 atom stereocenters. The van der Waals surface area contributed by atoms with Crippen LogP contribution in [-0.2, 0) is 16.0 Å². The fraction of sp³-hybridized carbons (Fsp3) is 0.562. The van der Waals surface area contributed by atoms with Crippen LogP contribution in [-0.4, -0.2) is 25.2 Å². The van der Waals surface area contributed by atoms with E-state index in [1.807, 2.05) is 30.0 Å². The van der Waals surface area contributed by atoms with Crippen LogP contribution in [0, 0.1) is 5.92 Å². The highest BCUT2D eigenvalue weighted by molar-refractivity contribution is 5.96. The van der Waals surface area contributed by atoms with Gasteiger partial charge in [-0.2, -0.15) is 0 Å². The van der Waals surface area contributed by atoms with E-state index in [9.17, 15) is 4.79 Å². The second-order valence-corrected chi connectivity index (χ2v) is 5.76. The molecule has 1 aliphatic carbocycles. The second kappa shape index (κ2) is 5.44. The summed E-state index contributed by atoms with van der Waals surface area (Å²) in [6.45, 7) is 3.55. The van der Waals surface area contributed by atoms with Gasteiger partial charge in [-0.3, -0.25) is 4.79 Å². The summed E-state index contributed by atoms with van der Waals surface area (Å²) in [7, 11) is 0. The molecule has 2 aliphatic rings. The molecule has 1 amide bonds. The molecular formula is C16H22N2O2. The van der Waals surface area contributed by atoms with Crippen LogP contribution in [0.5, 0.6) is 0 Å². The first-order valence-corrected chi connectivity index (χ1v) is 7.48. The van der Waals surface area contributed by atoms with Gasteiger partial charge in [-0.15, -0.1) is 0 Å². The lowest BCUT2D eigenvalue weighted by atomic mass is 9.79. The fourth-order valence-corrected chi connectivity index (χ4v) is 3.29. The predicted octanol–water partition coefficient (Wildman–Crippen LogP) is 2.36. The van der Waals surface area contributed by atoms with E-state index in [2.05, 4.69) is 0 Å². The maximum atomic E-state index is 12.4. The molecule has 1 fully saturated rings. The Morgan fingerprint density at radius 3 is 3.00 bits per heavy atom. The van der Waals surface area contributed by atoms with E-state index in [-0.39, 0.29) is 5.91 Å². The normalized spacial score (nSPS) is 24.4. The Kier molecular flexibility index (Phi) is 3.66. The standard InChI is InChI=1S/C16H22N2O2/c1-2-20-12-8-11(9-12)10-16(19)18-7-6-13-14(17)4-3-5-15(13)18/h3-5,11-12H,2,6-10,17H2,1H3. The Labute approximate surface area is 119 Å². The van der Waals surface area contributed by atoms with Gasteiger partial charge < -0.3 is 15.4 Å². The van der Waals surface area contributed by atoms with Crippen molar-refractivity contribution in [1.29, 1.82) is 0 Å². The molecule has 20 heavy (non-hydrogen) atoms. The Morgan fingerprint density at radius 2 is 2.25 bits per heavy atom. The number of nitrogens with two attached hydrogens (primary N) is 1. The van der Waals surface area contributed by atoms with Crippen LogP contribution in [0.1, 0.15) is 31.7 Å². The van der Waals surface area contributed by atoms with Crippen molar-refractivity contribution in [2.75, 3.05) is 23.8 Å². The third kappa shape index (κ3) is 2.40. The third-order valence-corrected chi connectivity index (χ3v) is 4.42. The van der Waals surface area contributed by atoms with Crippen molar-refractivity contribution >= 4 is 17.3 Å². The first-order chi connectivity index (χ1) is 9.69. The van der Waals surface area contributed by atoms with Crippen LogP contribution in [0.3, 0.4) is 0 Å². The molecule has 0 saturated heterocycles. The summed E-state index contributed by atoms with van der Waals surface area (Å²) in [6, 6.07) is 5.83.